The van der Waals surface area contributed by atoms with Crippen LogP contribution in [0.5, 0.6) is 0 Å². The molecule has 154 valence electrons. The SMILES string of the molecule is Nc1nc(/C(=N/O)C(=O)NC2C(=O)N3C(C([O-])=S)=C(C4CCOC4)CS[C@H]23)cs1.[Na+]. The van der Waals surface area contributed by atoms with Crippen LogP contribution in [0.15, 0.2) is 21.8 Å². The Balaban J connectivity index is 0.00000256. The molecular formula is C16H16N5NaO5S3. The van der Waals surface area contributed by atoms with Gasteiger partial charge in [-0.2, -0.15) is 0 Å². The summed E-state index contributed by atoms with van der Waals surface area (Å²) >= 11 is 7.42. The molecule has 2 saturated heterocycles. The number of hydrogen-bond donors (Lipinski definition) is 3. The molecule has 0 aliphatic carbocycles. The molecule has 3 aliphatic rings. The number of oxime groups is 1. The summed E-state index contributed by atoms with van der Waals surface area (Å²) in [7, 11) is 0. The second kappa shape index (κ2) is 9.51. The number of carbonyl (C=O) groups is 2. The van der Waals surface area contributed by atoms with E-state index in [1.165, 1.54) is 22.0 Å². The molecule has 3 aliphatic heterocycles. The van der Waals surface area contributed by atoms with Crippen LogP contribution in [0.3, 0.4) is 0 Å². The van der Waals surface area contributed by atoms with Crippen LogP contribution >= 0.6 is 35.3 Å². The Morgan fingerprint density at radius 3 is 2.87 bits per heavy atom. The summed E-state index contributed by atoms with van der Waals surface area (Å²) in [4.78, 5) is 30.5. The molecular weight excluding hydrogens is 461 g/mol. The van der Waals surface area contributed by atoms with Crippen molar-refractivity contribution in [3.05, 3.63) is 22.3 Å². The number of thioether (sulfide) groups is 1. The van der Waals surface area contributed by atoms with E-state index in [2.05, 4.69) is 15.5 Å². The number of nitrogen functional groups attached to an aromatic ring is 1. The van der Waals surface area contributed by atoms with Crippen molar-refractivity contribution in [2.45, 2.75) is 17.8 Å². The van der Waals surface area contributed by atoms with Gasteiger partial charge in [-0.15, -0.1) is 23.1 Å². The molecule has 2 unspecified atom stereocenters. The average molecular weight is 478 g/mol. The fourth-order valence-electron chi connectivity index (χ4n) is 3.57. The number of amides is 2. The van der Waals surface area contributed by atoms with Crippen molar-refractivity contribution in [3.63, 3.8) is 0 Å². The molecule has 0 radical (unpaired) electrons. The van der Waals surface area contributed by atoms with Gasteiger partial charge in [-0.25, -0.2) is 4.98 Å². The fraction of sp³-hybridized carbons (Fsp3) is 0.438. The maximum absolute atomic E-state index is 12.8. The number of thiocarbonyl (C=S) groups is 1. The van der Waals surface area contributed by atoms with Crippen molar-refractivity contribution in [1.82, 2.24) is 15.2 Å². The molecule has 2 amide bonds. The number of rotatable bonds is 5. The van der Waals surface area contributed by atoms with Gasteiger partial charge in [0.15, 0.2) is 10.8 Å². The molecule has 3 atom stereocenters. The van der Waals surface area contributed by atoms with E-state index in [-0.39, 0.29) is 57.7 Å². The Labute approximate surface area is 207 Å². The van der Waals surface area contributed by atoms with Crippen molar-refractivity contribution in [2.24, 2.45) is 11.1 Å². The summed E-state index contributed by atoms with van der Waals surface area (Å²) in [6.07, 6.45) is 0.780. The zero-order chi connectivity index (χ0) is 20.7. The maximum Gasteiger partial charge on any atom is 1.00 e. The second-order valence-corrected chi connectivity index (χ2v) is 8.97. The van der Waals surface area contributed by atoms with Crippen molar-refractivity contribution in [2.75, 3.05) is 24.7 Å². The molecule has 2 fully saturated rings. The summed E-state index contributed by atoms with van der Waals surface area (Å²) in [6.45, 7) is 1.11. The van der Waals surface area contributed by atoms with Crippen LogP contribution in [0, 0.1) is 5.92 Å². The van der Waals surface area contributed by atoms with Crippen molar-refractivity contribution < 1.29 is 54.2 Å². The van der Waals surface area contributed by atoms with E-state index in [1.807, 2.05) is 0 Å². The van der Waals surface area contributed by atoms with E-state index in [9.17, 15) is 19.9 Å². The van der Waals surface area contributed by atoms with Gasteiger partial charge in [0.25, 0.3) is 11.8 Å². The number of fused-ring (bicyclic) bond motifs is 1. The molecule has 14 heteroatoms. The van der Waals surface area contributed by atoms with Gasteiger partial charge < -0.3 is 26.1 Å². The van der Waals surface area contributed by atoms with Gasteiger partial charge in [-0.3, -0.25) is 14.5 Å². The number of nitrogens with one attached hydrogen (secondary N) is 1. The number of hydrogen-bond acceptors (Lipinski definition) is 11. The Morgan fingerprint density at radius 2 is 2.30 bits per heavy atom. The number of thiazole rings is 1. The van der Waals surface area contributed by atoms with Crippen LogP contribution in [0.25, 0.3) is 0 Å². The van der Waals surface area contributed by atoms with E-state index in [0.717, 1.165) is 23.3 Å². The number of aromatic nitrogens is 1. The minimum atomic E-state index is -0.869. The first-order chi connectivity index (χ1) is 13.9. The Morgan fingerprint density at radius 1 is 1.53 bits per heavy atom. The molecule has 4 N–H and O–H groups in total. The number of nitrogens with zero attached hydrogens (tertiary/aromatic N) is 3. The Kier molecular flexibility index (Phi) is 7.43. The van der Waals surface area contributed by atoms with Gasteiger partial charge in [0, 0.05) is 29.4 Å². The predicted molar refractivity (Wildman–Crippen MR) is 108 cm³/mol. The topological polar surface area (TPSA) is 153 Å². The third-order valence-electron chi connectivity index (χ3n) is 4.98. The predicted octanol–water partition coefficient (Wildman–Crippen LogP) is -3.71. The molecule has 0 bridgehead atoms. The smallest absolute Gasteiger partial charge is 0.863 e. The van der Waals surface area contributed by atoms with Crippen molar-refractivity contribution in [1.29, 1.82) is 0 Å². The molecule has 0 spiro atoms. The van der Waals surface area contributed by atoms with Gasteiger partial charge >= 0.3 is 29.6 Å². The average Bonchev–Trinajstić information content (AvgIpc) is 3.37. The molecule has 4 rings (SSSR count). The first-order valence-electron chi connectivity index (χ1n) is 8.63. The Bertz CT molecular complexity index is 945. The quantitative estimate of drug-likeness (QED) is 0.0971. The van der Waals surface area contributed by atoms with Crippen molar-refractivity contribution in [3.8, 4) is 0 Å². The minimum absolute atomic E-state index is 0. The van der Waals surface area contributed by atoms with E-state index < -0.39 is 28.3 Å². The monoisotopic (exact) mass is 477 g/mol. The van der Waals surface area contributed by atoms with Gasteiger partial charge in [0.05, 0.1) is 6.61 Å². The molecule has 10 nitrogen and oxygen atoms in total. The molecule has 1 aromatic rings. The maximum atomic E-state index is 12.8. The van der Waals surface area contributed by atoms with Crippen LogP contribution in [0.2, 0.25) is 0 Å². The standard InChI is InChI=1S/C16H17N5O5S3.Na/c17-16-18-8(5-29-16)9(20-25)12(22)19-10-13(23)21-11(15(24)27)7(4-28-14(10)21)6-1-2-26-3-6;/h5-6,10,14,25H,1-4H2,(H2,17,18)(H,19,22)(H,24,27);/q;+1/p-1/b20-9-;/t6?,10?,14-;/m1./s1. The zero-order valence-electron chi connectivity index (χ0n) is 15.9. The van der Waals surface area contributed by atoms with Crippen LogP contribution in [0.1, 0.15) is 12.1 Å². The molecule has 0 saturated carbocycles. The molecule has 0 aromatic carbocycles. The number of ether oxygens (including phenoxy) is 1. The number of anilines is 1. The van der Waals surface area contributed by atoms with E-state index in [4.69, 9.17) is 22.7 Å². The van der Waals surface area contributed by atoms with Gasteiger partial charge in [0.2, 0.25) is 0 Å². The van der Waals surface area contributed by atoms with Gasteiger partial charge in [-0.05, 0) is 17.0 Å². The van der Waals surface area contributed by atoms with Crippen LogP contribution in [-0.2, 0) is 14.3 Å². The fourth-order valence-corrected chi connectivity index (χ4v) is 5.81. The largest absolute Gasteiger partial charge is 1.00 e. The summed E-state index contributed by atoms with van der Waals surface area (Å²) in [5, 5.41) is 27.5. The number of carbonyl (C=O) groups excluding carboxylic acids is 2. The van der Waals surface area contributed by atoms with Gasteiger partial charge in [-0.1, -0.05) is 17.4 Å². The minimum Gasteiger partial charge on any atom is -0.863 e. The van der Waals surface area contributed by atoms with Crippen LogP contribution in [0.4, 0.5) is 5.13 Å². The van der Waals surface area contributed by atoms with Crippen molar-refractivity contribution >= 4 is 63.0 Å². The van der Waals surface area contributed by atoms with Gasteiger partial charge in [0.1, 0.15) is 17.1 Å². The summed E-state index contributed by atoms with van der Waals surface area (Å²) < 4.78 is 5.40. The molecule has 4 heterocycles. The van der Waals surface area contributed by atoms with E-state index >= 15 is 0 Å². The van der Waals surface area contributed by atoms with E-state index in [0.29, 0.717) is 19.0 Å². The third kappa shape index (κ3) is 4.11. The van der Waals surface area contributed by atoms with E-state index in [1.54, 1.807) is 0 Å². The summed E-state index contributed by atoms with van der Waals surface area (Å²) in [5.74, 6) is -0.609. The first kappa shape index (κ1) is 23.4. The molecule has 30 heavy (non-hydrogen) atoms. The summed E-state index contributed by atoms with van der Waals surface area (Å²) in [6, 6.07) is -0.869. The van der Waals surface area contributed by atoms with Crippen LogP contribution < -0.4 is 45.7 Å². The normalized spacial score (nSPS) is 26.0. The number of nitrogens with two attached hydrogens (primary N) is 1. The number of β-lactam (4-membered cyclic amide) rings is 1. The zero-order valence-corrected chi connectivity index (χ0v) is 20.3. The third-order valence-corrected chi connectivity index (χ3v) is 7.15. The summed E-state index contributed by atoms with van der Waals surface area (Å²) in [5.41, 5.74) is 6.38. The Hall–Kier alpha value is -1.22. The first-order valence-corrected chi connectivity index (χ1v) is 11.0. The van der Waals surface area contributed by atoms with Crippen LogP contribution in [-0.4, -0.2) is 68.1 Å². The molecule has 1 aromatic heterocycles. The second-order valence-electron chi connectivity index (χ2n) is 6.60.